The minimum absolute atomic E-state index is 0.830. The Kier molecular flexibility index (Phi) is 1.86. The summed E-state index contributed by atoms with van der Waals surface area (Å²) >= 11 is 4.17. The molecule has 1 aromatic rings. The fourth-order valence-corrected chi connectivity index (χ4v) is 1.27. The molecule has 1 rings (SSSR count). The van der Waals surface area contributed by atoms with Crippen molar-refractivity contribution in [1.82, 2.24) is 4.98 Å². The van der Waals surface area contributed by atoms with Gasteiger partial charge in [0.2, 0.25) is 0 Å². The van der Waals surface area contributed by atoms with Crippen LogP contribution in [0.25, 0.3) is 0 Å². The van der Waals surface area contributed by atoms with E-state index in [1.165, 1.54) is 17.0 Å². The number of nitrogens with one attached hydrogen (secondary N) is 1. The molecule has 50 valence electrons. The van der Waals surface area contributed by atoms with Gasteiger partial charge in [-0.2, -0.15) is 12.6 Å². The molecule has 0 saturated carbocycles. The van der Waals surface area contributed by atoms with Crippen LogP contribution in [0.3, 0.4) is 0 Å². The van der Waals surface area contributed by atoms with Crippen molar-refractivity contribution in [3.63, 3.8) is 0 Å². The van der Waals surface area contributed by atoms with Gasteiger partial charge in [-0.25, -0.2) is 0 Å². The minimum atomic E-state index is 0.830. The van der Waals surface area contributed by atoms with E-state index < -0.39 is 0 Å². The van der Waals surface area contributed by atoms with Crippen LogP contribution in [0.5, 0.6) is 0 Å². The lowest BCUT2D eigenvalue weighted by Gasteiger charge is -1.88. The third-order valence-electron chi connectivity index (χ3n) is 1.43. The highest BCUT2D eigenvalue weighted by Gasteiger charge is 1.96. The van der Waals surface area contributed by atoms with Gasteiger partial charge in [0.1, 0.15) is 0 Å². The lowest BCUT2D eigenvalue weighted by Crippen LogP contribution is -1.76. The summed E-state index contributed by atoms with van der Waals surface area (Å²) in [4.78, 5) is 3.21. The van der Waals surface area contributed by atoms with Crippen molar-refractivity contribution in [2.24, 2.45) is 0 Å². The molecule has 0 spiro atoms. The highest BCUT2D eigenvalue weighted by atomic mass is 32.1. The molecule has 0 aliphatic rings. The fraction of sp³-hybridized carbons (Fsp3) is 0.429. The van der Waals surface area contributed by atoms with Gasteiger partial charge in [0, 0.05) is 17.1 Å². The van der Waals surface area contributed by atoms with Crippen LogP contribution in [0.15, 0.2) is 6.07 Å². The molecule has 1 heterocycles. The number of thiol groups is 1. The van der Waals surface area contributed by atoms with Crippen molar-refractivity contribution in [2.75, 3.05) is 0 Å². The van der Waals surface area contributed by atoms with E-state index in [9.17, 15) is 0 Å². The molecule has 1 N–H and O–H groups in total. The lowest BCUT2D eigenvalue weighted by atomic mass is 10.3. The largest absolute Gasteiger partial charge is 0.362 e. The molecule has 0 amide bonds. The van der Waals surface area contributed by atoms with E-state index in [1.807, 2.05) is 0 Å². The third-order valence-corrected chi connectivity index (χ3v) is 1.77. The smallest absolute Gasteiger partial charge is 0.0172 e. The first kappa shape index (κ1) is 6.75. The maximum absolute atomic E-state index is 4.17. The van der Waals surface area contributed by atoms with E-state index in [2.05, 4.69) is 37.5 Å². The van der Waals surface area contributed by atoms with Crippen molar-refractivity contribution >= 4 is 12.6 Å². The van der Waals surface area contributed by atoms with Crippen molar-refractivity contribution in [2.45, 2.75) is 19.6 Å². The first-order chi connectivity index (χ1) is 4.24. The fourth-order valence-electron chi connectivity index (χ4n) is 0.946. The van der Waals surface area contributed by atoms with Gasteiger partial charge < -0.3 is 4.98 Å². The molecule has 0 aromatic carbocycles. The molecule has 1 nitrogen and oxygen atoms in total. The Labute approximate surface area is 60.9 Å². The van der Waals surface area contributed by atoms with Gasteiger partial charge in [0.15, 0.2) is 0 Å². The second-order valence-electron chi connectivity index (χ2n) is 2.26. The summed E-state index contributed by atoms with van der Waals surface area (Å²) < 4.78 is 0. The zero-order valence-electron chi connectivity index (χ0n) is 5.73. The third kappa shape index (κ3) is 1.30. The number of H-pyrrole nitrogens is 1. The summed E-state index contributed by atoms with van der Waals surface area (Å²) in [5.41, 5.74) is 3.76. The monoisotopic (exact) mass is 141 g/mol. The highest BCUT2D eigenvalue weighted by Crippen LogP contribution is 2.10. The summed E-state index contributed by atoms with van der Waals surface area (Å²) in [6.07, 6.45) is 0. The predicted molar refractivity (Wildman–Crippen MR) is 43.0 cm³/mol. The van der Waals surface area contributed by atoms with Crippen LogP contribution in [0.1, 0.15) is 17.0 Å². The Morgan fingerprint density at radius 1 is 1.56 bits per heavy atom. The number of aromatic amines is 1. The maximum atomic E-state index is 4.17. The Morgan fingerprint density at radius 3 is 2.44 bits per heavy atom. The molecule has 0 bridgehead atoms. The quantitative estimate of drug-likeness (QED) is 0.557. The van der Waals surface area contributed by atoms with Gasteiger partial charge >= 0.3 is 0 Å². The average molecular weight is 141 g/mol. The predicted octanol–water partition coefficient (Wildman–Crippen LogP) is 2.06. The van der Waals surface area contributed by atoms with E-state index in [-0.39, 0.29) is 0 Å². The zero-order valence-corrected chi connectivity index (χ0v) is 6.63. The van der Waals surface area contributed by atoms with Gasteiger partial charge in [0.25, 0.3) is 0 Å². The molecule has 0 unspecified atom stereocenters. The number of hydrogen-bond acceptors (Lipinski definition) is 1. The van der Waals surface area contributed by atoms with Crippen molar-refractivity contribution < 1.29 is 0 Å². The van der Waals surface area contributed by atoms with Crippen LogP contribution >= 0.6 is 12.6 Å². The molecular formula is C7H11NS. The SMILES string of the molecule is Cc1cc(CS)c(C)[nH]1. The molecule has 0 aliphatic carbocycles. The van der Waals surface area contributed by atoms with Crippen LogP contribution in [0.2, 0.25) is 0 Å². The van der Waals surface area contributed by atoms with Crippen molar-refractivity contribution in [3.8, 4) is 0 Å². The summed E-state index contributed by atoms with van der Waals surface area (Å²) in [6.45, 7) is 4.12. The van der Waals surface area contributed by atoms with Gasteiger partial charge in [0.05, 0.1) is 0 Å². The molecule has 0 radical (unpaired) electrons. The maximum Gasteiger partial charge on any atom is 0.0172 e. The first-order valence-corrected chi connectivity index (χ1v) is 3.63. The van der Waals surface area contributed by atoms with E-state index in [0.29, 0.717) is 0 Å². The van der Waals surface area contributed by atoms with E-state index >= 15 is 0 Å². The Morgan fingerprint density at radius 2 is 2.22 bits per heavy atom. The van der Waals surface area contributed by atoms with Crippen molar-refractivity contribution in [3.05, 3.63) is 23.0 Å². The normalized spacial score (nSPS) is 10.1. The molecule has 1 aromatic heterocycles. The topological polar surface area (TPSA) is 15.8 Å². The summed E-state index contributed by atoms with van der Waals surface area (Å²) in [5.74, 6) is 0.830. The van der Waals surface area contributed by atoms with Gasteiger partial charge in [-0.1, -0.05) is 0 Å². The molecule has 9 heavy (non-hydrogen) atoms. The molecule has 0 aliphatic heterocycles. The summed E-state index contributed by atoms with van der Waals surface area (Å²) in [6, 6.07) is 2.13. The highest BCUT2D eigenvalue weighted by molar-refractivity contribution is 7.79. The van der Waals surface area contributed by atoms with Gasteiger partial charge in [-0.05, 0) is 25.5 Å². The average Bonchev–Trinajstić information content (AvgIpc) is 2.10. The second kappa shape index (κ2) is 2.48. The van der Waals surface area contributed by atoms with Crippen LogP contribution in [0.4, 0.5) is 0 Å². The minimum Gasteiger partial charge on any atom is -0.362 e. The van der Waals surface area contributed by atoms with Crippen LogP contribution in [-0.2, 0) is 5.75 Å². The summed E-state index contributed by atoms with van der Waals surface area (Å²) in [7, 11) is 0. The molecule has 2 heteroatoms. The van der Waals surface area contributed by atoms with Gasteiger partial charge in [-0.15, -0.1) is 0 Å². The van der Waals surface area contributed by atoms with E-state index in [1.54, 1.807) is 0 Å². The standard InChI is InChI=1S/C7H11NS/c1-5-3-7(4-9)6(2)8-5/h3,8-9H,4H2,1-2H3. The Balaban J connectivity index is 3.01. The summed E-state index contributed by atoms with van der Waals surface area (Å²) in [5, 5.41) is 0. The van der Waals surface area contributed by atoms with Crippen LogP contribution < -0.4 is 0 Å². The van der Waals surface area contributed by atoms with E-state index in [4.69, 9.17) is 0 Å². The second-order valence-corrected chi connectivity index (χ2v) is 2.58. The molecular weight excluding hydrogens is 130 g/mol. The number of hydrogen-bond donors (Lipinski definition) is 2. The van der Waals surface area contributed by atoms with Crippen molar-refractivity contribution in [1.29, 1.82) is 0 Å². The Bertz CT molecular complexity index is 203. The number of rotatable bonds is 1. The number of aromatic nitrogens is 1. The van der Waals surface area contributed by atoms with Gasteiger partial charge in [-0.3, -0.25) is 0 Å². The zero-order chi connectivity index (χ0) is 6.85. The molecule has 0 fully saturated rings. The Hall–Kier alpha value is -0.370. The lowest BCUT2D eigenvalue weighted by molar-refractivity contribution is 1.17. The van der Waals surface area contributed by atoms with Crippen LogP contribution in [-0.4, -0.2) is 4.98 Å². The van der Waals surface area contributed by atoms with Crippen LogP contribution in [0, 0.1) is 13.8 Å². The molecule has 0 atom stereocenters. The van der Waals surface area contributed by atoms with E-state index in [0.717, 1.165) is 5.75 Å². The first-order valence-electron chi connectivity index (χ1n) is 3.00. The molecule has 0 saturated heterocycles. The number of aryl methyl sites for hydroxylation is 2.